The van der Waals surface area contributed by atoms with E-state index in [4.69, 9.17) is 4.98 Å². The Balaban J connectivity index is 1.40. The molecule has 1 aromatic heterocycles. The molecule has 200 valence electrons. The Bertz CT molecular complexity index is 1740. The Hall–Kier alpha value is -4.05. The third-order valence-corrected chi connectivity index (χ3v) is 8.52. The highest BCUT2D eigenvalue weighted by Gasteiger charge is 2.39. The molecule has 2 heterocycles. The summed E-state index contributed by atoms with van der Waals surface area (Å²) in [5.74, 6) is 0. The normalized spacial score (nSPS) is 13.3. The van der Waals surface area contributed by atoms with Gasteiger partial charge in [0.1, 0.15) is 0 Å². The highest BCUT2D eigenvalue weighted by atomic mass is 15.3. The van der Waals surface area contributed by atoms with Gasteiger partial charge >= 0.3 is 6.98 Å². The molecule has 0 saturated heterocycles. The van der Waals surface area contributed by atoms with Crippen LogP contribution in [0, 0.1) is 20.8 Å². The topological polar surface area (TPSA) is 19.4 Å². The third kappa shape index (κ3) is 4.36. The molecule has 0 aliphatic carbocycles. The maximum Gasteiger partial charge on any atom is 0.411 e. The molecule has 0 fully saturated rings. The van der Waals surface area contributed by atoms with Crippen molar-refractivity contribution in [2.45, 2.75) is 47.0 Å². The zero-order chi connectivity index (χ0) is 28.3. The monoisotopic (exact) mass is 523 g/mol. The van der Waals surface area contributed by atoms with Crippen molar-refractivity contribution in [1.29, 1.82) is 0 Å². The van der Waals surface area contributed by atoms with Gasteiger partial charge in [0.15, 0.2) is 0 Å². The predicted octanol–water partition coefficient (Wildman–Crippen LogP) is 8.07. The van der Waals surface area contributed by atoms with E-state index in [1.165, 1.54) is 61.0 Å². The summed E-state index contributed by atoms with van der Waals surface area (Å²) in [6.07, 6.45) is 1.95. The fourth-order valence-corrected chi connectivity index (χ4v) is 6.64. The number of aryl methyl sites for hydroxylation is 3. The molecule has 1 aliphatic rings. The van der Waals surface area contributed by atoms with E-state index in [0.717, 1.165) is 11.3 Å². The summed E-state index contributed by atoms with van der Waals surface area (Å²) in [5.41, 5.74) is 13.8. The van der Waals surface area contributed by atoms with Crippen LogP contribution in [-0.2, 0) is 5.41 Å². The number of nitrogens with zero attached hydrogens (tertiary/aromatic N) is 3. The number of pyridine rings is 1. The smallest absolute Gasteiger partial charge is 0.393 e. The molecule has 0 amide bonds. The molecular weight excluding hydrogens is 485 g/mol. The summed E-state index contributed by atoms with van der Waals surface area (Å²) < 4.78 is 0. The van der Waals surface area contributed by atoms with Gasteiger partial charge in [0.2, 0.25) is 0 Å². The molecule has 40 heavy (non-hydrogen) atoms. The molecule has 6 rings (SSSR count). The molecule has 0 radical (unpaired) electrons. The van der Waals surface area contributed by atoms with Crippen molar-refractivity contribution >= 4 is 34.6 Å². The van der Waals surface area contributed by atoms with Crippen LogP contribution < -0.4 is 15.1 Å². The van der Waals surface area contributed by atoms with Crippen LogP contribution in [0.25, 0.3) is 33.2 Å². The fraction of sp³-hybridized carbons (Fsp3) is 0.250. The van der Waals surface area contributed by atoms with Crippen LogP contribution in [0.5, 0.6) is 0 Å². The van der Waals surface area contributed by atoms with Crippen molar-refractivity contribution in [3.05, 3.63) is 107 Å². The van der Waals surface area contributed by atoms with Gasteiger partial charge in [-0.25, -0.2) is 0 Å². The zero-order valence-electron chi connectivity index (χ0n) is 25.0. The van der Waals surface area contributed by atoms with E-state index in [1.54, 1.807) is 0 Å². The predicted molar refractivity (Wildman–Crippen MR) is 174 cm³/mol. The molecule has 1 aliphatic heterocycles. The number of fused-ring (bicyclic) bond motifs is 2. The van der Waals surface area contributed by atoms with Gasteiger partial charge in [-0.3, -0.25) is 4.98 Å². The summed E-state index contributed by atoms with van der Waals surface area (Å²) in [4.78, 5) is 9.65. The Labute approximate surface area is 239 Å². The van der Waals surface area contributed by atoms with Crippen LogP contribution in [0.3, 0.4) is 0 Å². The lowest BCUT2D eigenvalue weighted by Gasteiger charge is -2.27. The zero-order valence-corrected chi connectivity index (χ0v) is 25.0. The van der Waals surface area contributed by atoms with Crippen LogP contribution in [0.2, 0.25) is 0 Å². The third-order valence-electron chi connectivity index (χ3n) is 8.52. The Morgan fingerprint density at radius 3 is 2.08 bits per heavy atom. The first-order chi connectivity index (χ1) is 19.0. The molecule has 4 aromatic carbocycles. The minimum atomic E-state index is 0.0362. The van der Waals surface area contributed by atoms with Crippen molar-refractivity contribution < 1.29 is 0 Å². The molecule has 0 saturated carbocycles. The van der Waals surface area contributed by atoms with E-state index in [9.17, 15) is 0 Å². The first-order valence-corrected chi connectivity index (χ1v) is 14.2. The van der Waals surface area contributed by atoms with Gasteiger partial charge in [-0.1, -0.05) is 79.9 Å². The number of benzene rings is 4. The maximum absolute atomic E-state index is 4.82. The van der Waals surface area contributed by atoms with E-state index in [2.05, 4.69) is 144 Å². The number of rotatable bonds is 3. The molecule has 0 N–H and O–H groups in total. The summed E-state index contributed by atoms with van der Waals surface area (Å²) >= 11 is 0. The summed E-state index contributed by atoms with van der Waals surface area (Å²) in [5, 5.41) is 2.57. The van der Waals surface area contributed by atoms with E-state index in [1.807, 2.05) is 6.20 Å². The van der Waals surface area contributed by atoms with Crippen LogP contribution in [0.4, 0.5) is 11.4 Å². The largest absolute Gasteiger partial charge is 0.411 e. The van der Waals surface area contributed by atoms with E-state index in [-0.39, 0.29) is 12.4 Å². The van der Waals surface area contributed by atoms with E-state index >= 15 is 0 Å². The average Bonchev–Trinajstić information content (AvgIpc) is 3.16. The van der Waals surface area contributed by atoms with Crippen molar-refractivity contribution in [2.75, 3.05) is 23.7 Å². The summed E-state index contributed by atoms with van der Waals surface area (Å²) in [6.45, 7) is 13.7. The standard InChI is InChI=1S/C36H38BN3/c1-23-17-24(2)35(25(3)18-23)37-39(7)33-14-13-26(22-34(33)40(37)8)27-15-16-38-32(21-27)29-19-28-11-9-10-12-30(28)31(20-29)36(4,5)6/h9-22H,1-8H3. The van der Waals surface area contributed by atoms with Gasteiger partial charge < -0.3 is 9.62 Å². The summed E-state index contributed by atoms with van der Waals surface area (Å²) in [7, 11) is 4.43. The number of hydrogen-bond acceptors (Lipinski definition) is 3. The van der Waals surface area contributed by atoms with Crippen LogP contribution in [0.15, 0.2) is 85.1 Å². The van der Waals surface area contributed by atoms with Gasteiger partial charge in [0.25, 0.3) is 0 Å². The van der Waals surface area contributed by atoms with Crippen LogP contribution >= 0.6 is 0 Å². The van der Waals surface area contributed by atoms with E-state index in [0.29, 0.717) is 0 Å². The molecule has 0 unspecified atom stereocenters. The van der Waals surface area contributed by atoms with Gasteiger partial charge in [0, 0.05) is 23.1 Å². The number of hydrogen-bond donors (Lipinski definition) is 0. The van der Waals surface area contributed by atoms with Crippen LogP contribution in [-0.4, -0.2) is 26.1 Å². The van der Waals surface area contributed by atoms with Crippen LogP contribution in [0.1, 0.15) is 43.0 Å². The average molecular weight is 524 g/mol. The minimum absolute atomic E-state index is 0.0362. The Kier molecular flexibility index (Phi) is 6.25. The second-order valence-electron chi connectivity index (χ2n) is 12.5. The van der Waals surface area contributed by atoms with Gasteiger partial charge in [-0.05, 0) is 110 Å². The van der Waals surface area contributed by atoms with Crippen molar-refractivity contribution in [2.24, 2.45) is 0 Å². The van der Waals surface area contributed by atoms with Gasteiger partial charge in [0.05, 0.1) is 5.69 Å². The second kappa shape index (κ2) is 9.55. The SMILES string of the molecule is Cc1cc(C)c(B2N(C)c3ccc(-c4ccnc(-c5cc(C(C)(C)C)c6ccccc6c5)c4)cc3N2C)c(C)c1. The highest BCUT2D eigenvalue weighted by Crippen LogP contribution is 2.40. The first-order valence-electron chi connectivity index (χ1n) is 14.2. The van der Waals surface area contributed by atoms with Gasteiger partial charge in [-0.2, -0.15) is 0 Å². The molecular formula is C36H38BN3. The Morgan fingerprint density at radius 1 is 0.675 bits per heavy atom. The summed E-state index contributed by atoms with van der Waals surface area (Å²) in [6, 6.07) is 29.1. The lowest BCUT2D eigenvalue weighted by molar-refractivity contribution is 0.596. The van der Waals surface area contributed by atoms with E-state index < -0.39 is 0 Å². The molecule has 5 aromatic rings. The number of anilines is 2. The lowest BCUT2D eigenvalue weighted by atomic mass is 9.62. The number of aromatic nitrogens is 1. The molecule has 0 atom stereocenters. The molecule has 0 bridgehead atoms. The quantitative estimate of drug-likeness (QED) is 0.223. The first kappa shape index (κ1) is 26.2. The lowest BCUT2D eigenvalue weighted by Crippen LogP contribution is -2.55. The molecule has 4 heteroatoms. The molecule has 3 nitrogen and oxygen atoms in total. The maximum atomic E-state index is 4.82. The van der Waals surface area contributed by atoms with Crippen molar-refractivity contribution in [3.8, 4) is 22.4 Å². The van der Waals surface area contributed by atoms with Crippen molar-refractivity contribution in [1.82, 2.24) is 4.98 Å². The fourth-order valence-electron chi connectivity index (χ4n) is 6.64. The Morgan fingerprint density at radius 2 is 1.35 bits per heavy atom. The van der Waals surface area contributed by atoms with Gasteiger partial charge in [-0.15, -0.1) is 0 Å². The minimum Gasteiger partial charge on any atom is -0.393 e. The molecule has 0 spiro atoms. The van der Waals surface area contributed by atoms with Crippen molar-refractivity contribution in [3.63, 3.8) is 0 Å². The second-order valence-corrected chi connectivity index (χ2v) is 12.5. The highest BCUT2D eigenvalue weighted by molar-refractivity contribution is 6.82.